The van der Waals surface area contributed by atoms with E-state index in [2.05, 4.69) is 6.92 Å². The van der Waals surface area contributed by atoms with Crippen LogP contribution in [-0.2, 0) is 0 Å². The third-order valence-electron chi connectivity index (χ3n) is 5.31. The smallest absolute Gasteiger partial charge is 0.0599 e. The van der Waals surface area contributed by atoms with Gasteiger partial charge in [-0.1, -0.05) is 58.3 Å². The molecule has 2 saturated carbocycles. The van der Waals surface area contributed by atoms with Crippen LogP contribution >= 0.6 is 0 Å². The molecule has 0 aliphatic heterocycles. The van der Waals surface area contributed by atoms with Crippen LogP contribution in [0.5, 0.6) is 0 Å². The second-order valence-corrected chi connectivity index (χ2v) is 6.36. The predicted octanol–water partition coefficient (Wildman–Crippen LogP) is 4.53. The summed E-state index contributed by atoms with van der Waals surface area (Å²) in [7, 11) is 0. The monoisotopic (exact) mass is 238 g/mol. The molecule has 1 nitrogen and oxygen atoms in total. The highest BCUT2D eigenvalue weighted by atomic mass is 16.3. The van der Waals surface area contributed by atoms with Gasteiger partial charge >= 0.3 is 0 Å². The standard InChI is InChI=1S/C16H30O/c1-2-13-9-7-8-12-15(13)16(17)14-10-5-3-4-6-11-14/h13-17H,2-12H2,1H3. The van der Waals surface area contributed by atoms with E-state index in [1.165, 1.54) is 70.6 Å². The second-order valence-electron chi connectivity index (χ2n) is 6.36. The summed E-state index contributed by atoms with van der Waals surface area (Å²) >= 11 is 0. The molecule has 3 unspecified atom stereocenters. The Bertz CT molecular complexity index is 206. The van der Waals surface area contributed by atoms with Crippen LogP contribution in [0, 0.1) is 17.8 Å². The van der Waals surface area contributed by atoms with E-state index in [0.29, 0.717) is 11.8 Å². The highest BCUT2D eigenvalue weighted by Gasteiger charge is 2.34. The number of aliphatic hydroxyl groups is 1. The topological polar surface area (TPSA) is 20.2 Å². The van der Waals surface area contributed by atoms with Gasteiger partial charge in [-0.25, -0.2) is 0 Å². The fourth-order valence-corrected chi connectivity index (χ4v) is 4.19. The van der Waals surface area contributed by atoms with Crippen molar-refractivity contribution < 1.29 is 5.11 Å². The van der Waals surface area contributed by atoms with Crippen LogP contribution in [0.3, 0.4) is 0 Å². The van der Waals surface area contributed by atoms with Gasteiger partial charge in [-0.3, -0.25) is 0 Å². The second kappa shape index (κ2) is 6.78. The van der Waals surface area contributed by atoms with Crippen molar-refractivity contribution in [3.05, 3.63) is 0 Å². The number of aliphatic hydroxyl groups excluding tert-OH is 1. The van der Waals surface area contributed by atoms with Gasteiger partial charge in [-0.2, -0.15) is 0 Å². The largest absolute Gasteiger partial charge is 0.393 e. The van der Waals surface area contributed by atoms with E-state index in [9.17, 15) is 5.11 Å². The molecule has 1 heteroatoms. The molecule has 0 saturated heterocycles. The first-order chi connectivity index (χ1) is 8.33. The molecule has 17 heavy (non-hydrogen) atoms. The highest BCUT2D eigenvalue weighted by Crippen LogP contribution is 2.39. The Morgan fingerprint density at radius 2 is 1.47 bits per heavy atom. The molecule has 2 aliphatic rings. The van der Waals surface area contributed by atoms with Crippen molar-refractivity contribution in [2.24, 2.45) is 17.8 Å². The van der Waals surface area contributed by atoms with Crippen LogP contribution in [0.15, 0.2) is 0 Å². The molecule has 0 amide bonds. The van der Waals surface area contributed by atoms with Crippen molar-refractivity contribution in [2.75, 3.05) is 0 Å². The molecule has 2 aliphatic carbocycles. The van der Waals surface area contributed by atoms with Gasteiger partial charge in [0, 0.05) is 0 Å². The van der Waals surface area contributed by atoms with Crippen LogP contribution in [0.1, 0.15) is 77.6 Å². The van der Waals surface area contributed by atoms with Crippen LogP contribution in [0.2, 0.25) is 0 Å². The summed E-state index contributed by atoms with van der Waals surface area (Å²) in [6, 6.07) is 0. The molecule has 0 heterocycles. The minimum absolute atomic E-state index is 0.0124. The van der Waals surface area contributed by atoms with E-state index in [4.69, 9.17) is 0 Å². The van der Waals surface area contributed by atoms with Gasteiger partial charge in [0.1, 0.15) is 0 Å². The van der Waals surface area contributed by atoms with Gasteiger partial charge in [0.05, 0.1) is 6.10 Å². The number of hydrogen-bond acceptors (Lipinski definition) is 1. The van der Waals surface area contributed by atoms with E-state index < -0.39 is 0 Å². The Morgan fingerprint density at radius 1 is 0.882 bits per heavy atom. The first-order valence-electron chi connectivity index (χ1n) is 8.01. The van der Waals surface area contributed by atoms with Crippen LogP contribution < -0.4 is 0 Å². The zero-order valence-electron chi connectivity index (χ0n) is 11.5. The van der Waals surface area contributed by atoms with Gasteiger partial charge < -0.3 is 5.11 Å². The quantitative estimate of drug-likeness (QED) is 0.716. The summed E-state index contributed by atoms with van der Waals surface area (Å²) in [5, 5.41) is 10.7. The van der Waals surface area contributed by atoms with Crippen molar-refractivity contribution in [3.63, 3.8) is 0 Å². The molecular formula is C16H30O. The lowest BCUT2D eigenvalue weighted by Gasteiger charge is -2.37. The Labute approximate surface area is 107 Å². The van der Waals surface area contributed by atoms with Crippen molar-refractivity contribution in [2.45, 2.75) is 83.7 Å². The van der Waals surface area contributed by atoms with E-state index >= 15 is 0 Å². The normalized spacial score (nSPS) is 34.2. The fraction of sp³-hybridized carbons (Fsp3) is 1.00. The maximum absolute atomic E-state index is 10.7. The van der Waals surface area contributed by atoms with E-state index in [0.717, 1.165) is 5.92 Å². The summed E-state index contributed by atoms with van der Waals surface area (Å²) in [5.41, 5.74) is 0. The van der Waals surface area contributed by atoms with Crippen LogP contribution in [-0.4, -0.2) is 11.2 Å². The molecule has 0 spiro atoms. The first-order valence-corrected chi connectivity index (χ1v) is 8.01. The fourth-order valence-electron chi connectivity index (χ4n) is 4.19. The minimum atomic E-state index is 0.0124. The summed E-state index contributed by atoms with van der Waals surface area (Å²) in [4.78, 5) is 0. The molecule has 1 N–H and O–H groups in total. The molecule has 0 aromatic rings. The lowest BCUT2D eigenvalue weighted by Crippen LogP contribution is -2.35. The lowest BCUT2D eigenvalue weighted by molar-refractivity contribution is -0.00141. The molecule has 0 bridgehead atoms. The van der Waals surface area contributed by atoms with Crippen molar-refractivity contribution in [1.82, 2.24) is 0 Å². The molecular weight excluding hydrogens is 208 g/mol. The minimum Gasteiger partial charge on any atom is -0.393 e. The molecule has 2 fully saturated rings. The summed E-state index contributed by atoms with van der Waals surface area (Å²) in [5.74, 6) is 2.05. The molecule has 0 radical (unpaired) electrons. The molecule has 3 atom stereocenters. The van der Waals surface area contributed by atoms with Crippen molar-refractivity contribution >= 4 is 0 Å². The van der Waals surface area contributed by atoms with Gasteiger partial charge in [-0.05, 0) is 37.0 Å². The zero-order chi connectivity index (χ0) is 12.1. The average Bonchev–Trinajstić information content (AvgIpc) is 2.66. The third kappa shape index (κ3) is 3.47. The average molecular weight is 238 g/mol. The molecule has 2 rings (SSSR count). The van der Waals surface area contributed by atoms with E-state index in [1.807, 2.05) is 0 Å². The highest BCUT2D eigenvalue weighted by molar-refractivity contribution is 4.84. The molecule has 100 valence electrons. The number of hydrogen-bond donors (Lipinski definition) is 1. The summed E-state index contributed by atoms with van der Waals surface area (Å²) < 4.78 is 0. The Kier molecular flexibility index (Phi) is 5.34. The van der Waals surface area contributed by atoms with Crippen LogP contribution in [0.25, 0.3) is 0 Å². The van der Waals surface area contributed by atoms with Gasteiger partial charge in [0.25, 0.3) is 0 Å². The third-order valence-corrected chi connectivity index (χ3v) is 5.31. The number of rotatable bonds is 3. The maximum Gasteiger partial charge on any atom is 0.0599 e. The Morgan fingerprint density at radius 3 is 2.12 bits per heavy atom. The summed E-state index contributed by atoms with van der Waals surface area (Å²) in [6.45, 7) is 2.31. The first kappa shape index (κ1) is 13.4. The predicted molar refractivity (Wildman–Crippen MR) is 72.9 cm³/mol. The van der Waals surface area contributed by atoms with Crippen LogP contribution in [0.4, 0.5) is 0 Å². The SMILES string of the molecule is CCC1CCCCC1C(O)C1CCCCCC1. The molecule has 0 aromatic carbocycles. The lowest BCUT2D eigenvalue weighted by atomic mass is 9.71. The zero-order valence-corrected chi connectivity index (χ0v) is 11.5. The Balaban J connectivity index is 1.93. The maximum atomic E-state index is 10.7. The van der Waals surface area contributed by atoms with Gasteiger partial charge in [-0.15, -0.1) is 0 Å². The molecule has 0 aromatic heterocycles. The van der Waals surface area contributed by atoms with Gasteiger partial charge in [0.2, 0.25) is 0 Å². The van der Waals surface area contributed by atoms with E-state index in [1.54, 1.807) is 0 Å². The Hall–Kier alpha value is -0.0400. The van der Waals surface area contributed by atoms with Crippen molar-refractivity contribution in [1.29, 1.82) is 0 Å². The van der Waals surface area contributed by atoms with E-state index in [-0.39, 0.29) is 6.10 Å². The van der Waals surface area contributed by atoms with Gasteiger partial charge in [0.15, 0.2) is 0 Å². The van der Waals surface area contributed by atoms with Crippen molar-refractivity contribution in [3.8, 4) is 0 Å². The summed E-state index contributed by atoms with van der Waals surface area (Å²) in [6.07, 6.45) is 14.8.